The molecule has 5 fully saturated rings. The summed E-state index contributed by atoms with van der Waals surface area (Å²) in [5.41, 5.74) is 0.769. The van der Waals surface area contributed by atoms with E-state index >= 15 is 0 Å². The number of carbonyl (C=O) groups is 2. The quantitative estimate of drug-likeness (QED) is 0.502. The summed E-state index contributed by atoms with van der Waals surface area (Å²) >= 11 is 0. The molecule has 1 aromatic carbocycles. The molecule has 1 saturated heterocycles. The maximum atomic E-state index is 13.2. The average molecular weight is 498 g/mol. The minimum atomic E-state index is -0.0111. The molecule has 2 atom stereocenters. The molecule has 3 N–H and O–H groups in total. The van der Waals surface area contributed by atoms with Crippen molar-refractivity contribution in [2.75, 3.05) is 26.3 Å². The fourth-order valence-corrected chi connectivity index (χ4v) is 7.69. The van der Waals surface area contributed by atoms with Gasteiger partial charge in [0.05, 0.1) is 6.61 Å². The number of aliphatic hydroxyl groups excluding tert-OH is 1. The van der Waals surface area contributed by atoms with Crippen LogP contribution in [0.2, 0.25) is 0 Å². The van der Waals surface area contributed by atoms with Gasteiger partial charge in [0.2, 0.25) is 0 Å². The van der Waals surface area contributed by atoms with Crippen LogP contribution in [-0.2, 0) is 0 Å². The van der Waals surface area contributed by atoms with Crippen LogP contribution in [0.15, 0.2) is 24.3 Å². The third-order valence-electron chi connectivity index (χ3n) is 9.24. The standard InChI is InChI=1S/C29H43N3O4/c1-19(2)30-28(35)32-9-6-20(7-10-32)8-11-36-25-5-3-4-22(14-25)27(34)31-26-23-12-21-13-24(26)17-29(15-21,16-23)18-33/h3-5,14,19-21,23-24,26,33H,6-13,15-18H2,1-2H3,(H,30,35)(H,31,34). The molecule has 1 aromatic rings. The number of urea groups is 1. The van der Waals surface area contributed by atoms with E-state index in [4.69, 9.17) is 4.74 Å². The van der Waals surface area contributed by atoms with Crippen molar-refractivity contribution < 1.29 is 19.4 Å². The summed E-state index contributed by atoms with van der Waals surface area (Å²) in [6.07, 6.45) is 8.59. The van der Waals surface area contributed by atoms with Gasteiger partial charge in [0.1, 0.15) is 5.75 Å². The van der Waals surface area contributed by atoms with Crippen molar-refractivity contribution in [1.29, 1.82) is 0 Å². The molecular formula is C29H43N3O4. The van der Waals surface area contributed by atoms with Crippen molar-refractivity contribution in [1.82, 2.24) is 15.5 Å². The Balaban J connectivity index is 1.08. The van der Waals surface area contributed by atoms with Crippen LogP contribution in [0.4, 0.5) is 4.79 Å². The second kappa shape index (κ2) is 10.6. The highest BCUT2D eigenvalue weighted by Crippen LogP contribution is 2.59. The van der Waals surface area contributed by atoms with Crippen LogP contribution >= 0.6 is 0 Å². The van der Waals surface area contributed by atoms with E-state index in [1.54, 1.807) is 0 Å². The first-order chi connectivity index (χ1) is 17.3. The van der Waals surface area contributed by atoms with Crippen LogP contribution in [0.5, 0.6) is 5.75 Å². The Kier molecular flexibility index (Phi) is 7.47. The van der Waals surface area contributed by atoms with Gasteiger partial charge in [0, 0.05) is 37.3 Å². The SMILES string of the molecule is CC(C)NC(=O)N1CCC(CCOc2cccc(C(=O)NC3C4CC5CC3CC(CO)(C5)C4)c2)CC1. The van der Waals surface area contributed by atoms with E-state index in [0.717, 1.165) is 56.9 Å². The molecule has 4 bridgehead atoms. The van der Waals surface area contributed by atoms with Crippen molar-refractivity contribution in [2.45, 2.75) is 77.3 Å². The summed E-state index contributed by atoms with van der Waals surface area (Å²) in [7, 11) is 0. The van der Waals surface area contributed by atoms with E-state index in [-0.39, 0.29) is 29.4 Å². The number of hydrogen-bond acceptors (Lipinski definition) is 4. The van der Waals surface area contributed by atoms with Gasteiger partial charge in [-0.3, -0.25) is 4.79 Å². The molecule has 1 aliphatic heterocycles. The lowest BCUT2D eigenvalue weighted by molar-refractivity contribution is -0.0969. The summed E-state index contributed by atoms with van der Waals surface area (Å²) in [5.74, 6) is 3.00. The fourth-order valence-electron chi connectivity index (χ4n) is 7.69. The molecule has 0 radical (unpaired) electrons. The number of carbonyl (C=O) groups excluding carboxylic acids is 2. The van der Waals surface area contributed by atoms with Crippen LogP contribution in [0, 0.1) is 29.1 Å². The predicted molar refractivity (Wildman–Crippen MR) is 139 cm³/mol. The van der Waals surface area contributed by atoms with Gasteiger partial charge in [0.25, 0.3) is 5.91 Å². The molecule has 198 valence electrons. The number of aliphatic hydroxyl groups is 1. The van der Waals surface area contributed by atoms with E-state index in [9.17, 15) is 14.7 Å². The van der Waals surface area contributed by atoms with Gasteiger partial charge in [-0.1, -0.05) is 6.07 Å². The number of hydrogen-bond donors (Lipinski definition) is 3. The van der Waals surface area contributed by atoms with Gasteiger partial charge in [-0.2, -0.15) is 0 Å². The van der Waals surface area contributed by atoms with Gasteiger partial charge in [-0.15, -0.1) is 0 Å². The van der Waals surface area contributed by atoms with Gasteiger partial charge in [0.15, 0.2) is 0 Å². The van der Waals surface area contributed by atoms with E-state index in [1.165, 1.54) is 19.3 Å². The second-order valence-electron chi connectivity index (χ2n) is 12.3. The number of ether oxygens (including phenoxy) is 1. The minimum absolute atomic E-state index is 0.0111. The fraction of sp³-hybridized carbons (Fsp3) is 0.724. The van der Waals surface area contributed by atoms with Crippen molar-refractivity contribution in [2.24, 2.45) is 29.1 Å². The topological polar surface area (TPSA) is 90.9 Å². The van der Waals surface area contributed by atoms with Crippen molar-refractivity contribution >= 4 is 11.9 Å². The highest BCUT2D eigenvalue weighted by atomic mass is 16.5. The lowest BCUT2D eigenvalue weighted by Crippen LogP contribution is -2.60. The Morgan fingerprint density at radius 2 is 1.86 bits per heavy atom. The molecule has 36 heavy (non-hydrogen) atoms. The minimum Gasteiger partial charge on any atom is -0.494 e. The van der Waals surface area contributed by atoms with Crippen molar-refractivity contribution in [3.05, 3.63) is 29.8 Å². The van der Waals surface area contributed by atoms with Crippen LogP contribution in [0.25, 0.3) is 0 Å². The van der Waals surface area contributed by atoms with Crippen LogP contribution in [-0.4, -0.2) is 60.3 Å². The Morgan fingerprint density at radius 3 is 2.53 bits per heavy atom. The number of piperidine rings is 1. The van der Waals surface area contributed by atoms with Gasteiger partial charge in [-0.25, -0.2) is 4.79 Å². The number of rotatable bonds is 8. The molecule has 4 saturated carbocycles. The number of amides is 3. The van der Waals surface area contributed by atoms with Gasteiger partial charge in [-0.05, 0) is 112 Å². The summed E-state index contributed by atoms with van der Waals surface area (Å²) < 4.78 is 6.04. The lowest BCUT2D eigenvalue weighted by atomic mass is 9.48. The van der Waals surface area contributed by atoms with Crippen LogP contribution in [0.3, 0.4) is 0 Å². The zero-order valence-corrected chi connectivity index (χ0v) is 21.9. The van der Waals surface area contributed by atoms with Crippen molar-refractivity contribution in [3.63, 3.8) is 0 Å². The Morgan fingerprint density at radius 1 is 1.14 bits per heavy atom. The first-order valence-electron chi connectivity index (χ1n) is 14.0. The summed E-state index contributed by atoms with van der Waals surface area (Å²) in [6.45, 7) is 6.46. The van der Waals surface area contributed by atoms with Gasteiger partial charge < -0.3 is 25.4 Å². The maximum absolute atomic E-state index is 13.2. The normalized spacial score (nSPS) is 31.5. The Labute approximate surface area is 215 Å². The van der Waals surface area contributed by atoms with E-state index in [1.807, 2.05) is 43.0 Å². The second-order valence-corrected chi connectivity index (χ2v) is 12.3. The molecule has 5 aliphatic rings. The molecule has 6 rings (SSSR count). The monoisotopic (exact) mass is 497 g/mol. The third kappa shape index (κ3) is 5.51. The first kappa shape index (κ1) is 25.4. The smallest absolute Gasteiger partial charge is 0.317 e. The lowest BCUT2D eigenvalue weighted by Gasteiger charge is -2.59. The van der Waals surface area contributed by atoms with Crippen LogP contribution in [0.1, 0.15) is 75.6 Å². The van der Waals surface area contributed by atoms with Gasteiger partial charge >= 0.3 is 6.03 Å². The molecule has 7 nitrogen and oxygen atoms in total. The van der Waals surface area contributed by atoms with E-state index in [0.29, 0.717) is 36.5 Å². The number of benzene rings is 1. The molecule has 0 spiro atoms. The third-order valence-corrected chi connectivity index (χ3v) is 9.24. The van der Waals surface area contributed by atoms with E-state index in [2.05, 4.69) is 10.6 Å². The zero-order valence-electron chi connectivity index (χ0n) is 21.9. The highest BCUT2D eigenvalue weighted by Gasteiger charge is 2.55. The summed E-state index contributed by atoms with van der Waals surface area (Å²) in [5, 5.41) is 16.3. The number of likely N-dealkylation sites (tertiary alicyclic amines) is 1. The van der Waals surface area contributed by atoms with Crippen LogP contribution < -0.4 is 15.4 Å². The Hall–Kier alpha value is -2.28. The molecule has 4 aliphatic carbocycles. The molecular weight excluding hydrogens is 454 g/mol. The molecule has 2 unspecified atom stereocenters. The molecule has 1 heterocycles. The number of nitrogens with zero attached hydrogens (tertiary/aromatic N) is 1. The molecule has 7 heteroatoms. The van der Waals surface area contributed by atoms with Crippen molar-refractivity contribution in [3.8, 4) is 5.75 Å². The molecule has 3 amide bonds. The predicted octanol–water partition coefficient (Wildman–Crippen LogP) is 4.20. The summed E-state index contributed by atoms with van der Waals surface area (Å²) in [4.78, 5) is 27.2. The number of nitrogens with one attached hydrogen (secondary N) is 2. The first-order valence-corrected chi connectivity index (χ1v) is 14.0. The summed E-state index contributed by atoms with van der Waals surface area (Å²) in [6, 6.07) is 7.97. The highest BCUT2D eigenvalue weighted by molar-refractivity contribution is 5.94. The Bertz CT molecular complexity index is 926. The van der Waals surface area contributed by atoms with E-state index < -0.39 is 0 Å². The largest absolute Gasteiger partial charge is 0.494 e. The maximum Gasteiger partial charge on any atom is 0.317 e. The average Bonchev–Trinajstić information content (AvgIpc) is 2.86. The zero-order chi connectivity index (χ0) is 25.3. The molecule has 0 aromatic heterocycles.